The molecule has 0 saturated carbocycles. The van der Waals surface area contributed by atoms with Crippen molar-refractivity contribution in [1.82, 2.24) is 4.98 Å². The molecule has 1 aromatic heterocycles. The number of hydrogen-bond acceptors (Lipinski definition) is 4. The lowest BCUT2D eigenvalue weighted by atomic mass is 10.1. The molecule has 4 nitrogen and oxygen atoms in total. The van der Waals surface area contributed by atoms with Crippen LogP contribution >= 0.6 is 0 Å². The molecule has 0 fully saturated rings. The Balaban J connectivity index is 2.31. The van der Waals surface area contributed by atoms with Crippen LogP contribution in [0.5, 0.6) is 11.5 Å². The zero-order valence-electron chi connectivity index (χ0n) is 9.71. The lowest BCUT2D eigenvalue weighted by molar-refractivity contribution is 0.298. The molecule has 90 valence electrons. The third kappa shape index (κ3) is 2.65. The summed E-state index contributed by atoms with van der Waals surface area (Å²) < 4.78 is 5.69. The zero-order chi connectivity index (χ0) is 12.8. The van der Waals surface area contributed by atoms with E-state index in [1.165, 1.54) is 0 Å². The Morgan fingerprint density at radius 3 is 2.72 bits per heavy atom. The number of nitrogens with zero attached hydrogens (tertiary/aromatic N) is 2. The van der Waals surface area contributed by atoms with Gasteiger partial charge in [-0.15, -0.1) is 0 Å². The summed E-state index contributed by atoms with van der Waals surface area (Å²) >= 11 is 0. The highest BCUT2D eigenvalue weighted by Gasteiger charge is 2.08. The minimum atomic E-state index is 0.0541. The van der Waals surface area contributed by atoms with E-state index in [1.807, 2.05) is 24.3 Å². The van der Waals surface area contributed by atoms with Crippen LogP contribution in [0, 0.1) is 11.3 Å². The molecule has 4 heteroatoms. The van der Waals surface area contributed by atoms with Gasteiger partial charge in [0.25, 0.3) is 0 Å². The number of ether oxygens (including phenoxy) is 1. The van der Waals surface area contributed by atoms with Crippen LogP contribution < -0.4 is 4.74 Å². The number of nitriles is 1. The topological polar surface area (TPSA) is 66.1 Å². The van der Waals surface area contributed by atoms with Gasteiger partial charge < -0.3 is 9.84 Å². The number of aliphatic hydroxyl groups excluding tert-OH is 1. The molecular weight excluding hydrogens is 228 g/mol. The maximum absolute atomic E-state index is 8.99. The first-order valence-electron chi connectivity index (χ1n) is 5.57. The molecule has 0 spiro atoms. The lowest BCUT2D eigenvalue weighted by Gasteiger charge is -2.10. The monoisotopic (exact) mass is 240 g/mol. The molecule has 1 N–H and O–H groups in total. The highest BCUT2D eigenvalue weighted by molar-refractivity contribution is 5.42. The minimum Gasteiger partial charge on any atom is -0.454 e. The summed E-state index contributed by atoms with van der Waals surface area (Å²) in [6.45, 7) is 0.0541. The summed E-state index contributed by atoms with van der Waals surface area (Å²) in [4.78, 5) is 3.93. The Hall–Kier alpha value is -2.38. The molecule has 0 aliphatic heterocycles. The molecule has 0 amide bonds. The van der Waals surface area contributed by atoms with E-state index in [2.05, 4.69) is 4.98 Å². The summed E-state index contributed by atoms with van der Waals surface area (Å²) in [7, 11) is 0. The van der Waals surface area contributed by atoms with E-state index in [4.69, 9.17) is 15.1 Å². The van der Waals surface area contributed by atoms with E-state index >= 15 is 0 Å². The molecule has 0 saturated heterocycles. The van der Waals surface area contributed by atoms with Crippen LogP contribution in [0.2, 0.25) is 0 Å². The van der Waals surface area contributed by atoms with E-state index in [0.717, 1.165) is 5.56 Å². The maximum Gasteiger partial charge on any atom is 0.183 e. The molecule has 0 aliphatic carbocycles. The molecule has 2 aromatic rings. The predicted octanol–water partition coefficient (Wildman–Crippen LogP) is 2.28. The molecule has 2 rings (SSSR count). The van der Waals surface area contributed by atoms with Crippen molar-refractivity contribution < 1.29 is 9.84 Å². The minimum absolute atomic E-state index is 0.0541. The first-order valence-corrected chi connectivity index (χ1v) is 5.57. The van der Waals surface area contributed by atoms with Crippen molar-refractivity contribution in [3.63, 3.8) is 0 Å². The van der Waals surface area contributed by atoms with Crippen molar-refractivity contribution in [2.24, 2.45) is 0 Å². The van der Waals surface area contributed by atoms with Crippen molar-refractivity contribution >= 4 is 0 Å². The lowest BCUT2D eigenvalue weighted by Crippen LogP contribution is -1.96. The molecule has 1 heterocycles. The van der Waals surface area contributed by atoms with E-state index < -0.39 is 0 Å². The Morgan fingerprint density at radius 1 is 1.17 bits per heavy atom. The molecule has 0 radical (unpaired) electrons. The van der Waals surface area contributed by atoms with E-state index in [-0.39, 0.29) is 12.3 Å². The predicted molar refractivity (Wildman–Crippen MR) is 66.3 cm³/mol. The first kappa shape index (κ1) is 12.1. The van der Waals surface area contributed by atoms with Crippen molar-refractivity contribution in [3.05, 3.63) is 53.9 Å². The summed E-state index contributed by atoms with van der Waals surface area (Å²) in [5, 5.41) is 17.9. The smallest absolute Gasteiger partial charge is 0.183 e. The molecule has 0 atom stereocenters. The highest BCUT2D eigenvalue weighted by atomic mass is 16.5. The van der Waals surface area contributed by atoms with Crippen LogP contribution in [0.15, 0.2) is 42.6 Å². The third-order valence-corrected chi connectivity index (χ3v) is 2.45. The van der Waals surface area contributed by atoms with E-state index in [0.29, 0.717) is 17.9 Å². The van der Waals surface area contributed by atoms with Crippen LogP contribution in [-0.4, -0.2) is 16.7 Å². The van der Waals surface area contributed by atoms with Crippen LogP contribution in [0.25, 0.3) is 0 Å². The number of pyridine rings is 1. The zero-order valence-corrected chi connectivity index (χ0v) is 9.71. The summed E-state index contributed by atoms with van der Waals surface area (Å²) in [6.07, 6.45) is 2.06. The Morgan fingerprint density at radius 2 is 1.94 bits per heavy atom. The highest BCUT2D eigenvalue weighted by Crippen LogP contribution is 2.26. The van der Waals surface area contributed by atoms with Gasteiger partial charge in [0, 0.05) is 12.8 Å². The Labute approximate surface area is 105 Å². The second kappa shape index (κ2) is 5.80. The normalized spacial score (nSPS) is 9.78. The second-order valence-electron chi connectivity index (χ2n) is 3.65. The van der Waals surface area contributed by atoms with Gasteiger partial charge >= 0.3 is 0 Å². The standard InChI is InChI=1S/C14H12N2O2/c15-10-12-14(6-3-8-16-12)18-13-5-2-1-4-11(13)7-9-17/h1-6,8,17H,7,9H2. The van der Waals surface area contributed by atoms with Crippen LogP contribution in [0.1, 0.15) is 11.3 Å². The van der Waals surface area contributed by atoms with Gasteiger partial charge in [0.15, 0.2) is 11.4 Å². The van der Waals surface area contributed by atoms with Crippen molar-refractivity contribution in [2.45, 2.75) is 6.42 Å². The van der Waals surface area contributed by atoms with Gasteiger partial charge in [0.05, 0.1) is 0 Å². The number of benzene rings is 1. The number of aliphatic hydroxyl groups is 1. The summed E-state index contributed by atoms with van der Waals surface area (Å²) in [5.41, 5.74) is 1.14. The van der Waals surface area contributed by atoms with Gasteiger partial charge in [-0.1, -0.05) is 18.2 Å². The molecule has 0 bridgehead atoms. The fourth-order valence-electron chi connectivity index (χ4n) is 1.61. The van der Waals surface area contributed by atoms with Crippen molar-refractivity contribution in [1.29, 1.82) is 5.26 Å². The van der Waals surface area contributed by atoms with Gasteiger partial charge in [-0.2, -0.15) is 5.26 Å². The fourth-order valence-corrected chi connectivity index (χ4v) is 1.61. The van der Waals surface area contributed by atoms with Crippen LogP contribution in [0.3, 0.4) is 0 Å². The van der Waals surface area contributed by atoms with Crippen LogP contribution in [0.4, 0.5) is 0 Å². The molecule has 0 aliphatic rings. The fraction of sp³-hybridized carbons (Fsp3) is 0.143. The van der Waals surface area contributed by atoms with Gasteiger partial charge in [-0.25, -0.2) is 4.98 Å². The Kier molecular flexibility index (Phi) is 3.90. The van der Waals surface area contributed by atoms with Crippen molar-refractivity contribution in [2.75, 3.05) is 6.61 Å². The summed E-state index contributed by atoms with van der Waals surface area (Å²) in [5.74, 6) is 1.06. The Bertz CT molecular complexity index is 576. The van der Waals surface area contributed by atoms with Gasteiger partial charge in [-0.05, 0) is 30.2 Å². The number of aromatic nitrogens is 1. The molecular formula is C14H12N2O2. The average molecular weight is 240 g/mol. The molecule has 0 unspecified atom stereocenters. The quantitative estimate of drug-likeness (QED) is 0.890. The summed E-state index contributed by atoms with van der Waals surface area (Å²) in [6, 6.07) is 12.8. The van der Waals surface area contributed by atoms with E-state index in [1.54, 1.807) is 24.4 Å². The first-order chi connectivity index (χ1) is 8.85. The average Bonchev–Trinajstić information content (AvgIpc) is 2.42. The van der Waals surface area contributed by atoms with Crippen LogP contribution in [-0.2, 0) is 6.42 Å². The number of para-hydroxylation sites is 1. The molecule has 1 aromatic carbocycles. The largest absolute Gasteiger partial charge is 0.454 e. The van der Waals surface area contributed by atoms with Gasteiger partial charge in [-0.3, -0.25) is 0 Å². The molecule has 18 heavy (non-hydrogen) atoms. The SMILES string of the molecule is N#Cc1ncccc1Oc1ccccc1CCO. The van der Waals surface area contributed by atoms with E-state index in [9.17, 15) is 0 Å². The van der Waals surface area contributed by atoms with Gasteiger partial charge in [0.1, 0.15) is 11.8 Å². The van der Waals surface area contributed by atoms with Crippen molar-refractivity contribution in [3.8, 4) is 17.6 Å². The number of rotatable bonds is 4. The van der Waals surface area contributed by atoms with Gasteiger partial charge in [0.2, 0.25) is 0 Å². The number of hydrogen-bond donors (Lipinski definition) is 1. The maximum atomic E-state index is 8.99. The second-order valence-corrected chi connectivity index (χ2v) is 3.65. The third-order valence-electron chi connectivity index (χ3n) is 2.45.